The summed E-state index contributed by atoms with van der Waals surface area (Å²) in [5.74, 6) is -0.424. The van der Waals surface area contributed by atoms with Crippen LogP contribution < -0.4 is 0 Å². The van der Waals surface area contributed by atoms with Crippen molar-refractivity contribution in [2.75, 3.05) is 0 Å². The second-order valence-electron chi connectivity index (χ2n) is 2.27. The van der Waals surface area contributed by atoms with Gasteiger partial charge in [-0.2, -0.15) is 0 Å². The van der Waals surface area contributed by atoms with E-state index in [2.05, 4.69) is 4.98 Å². The number of nitrogens with zero attached hydrogens (tertiary/aromatic N) is 1. The van der Waals surface area contributed by atoms with Crippen LogP contribution in [0.5, 0.6) is 0 Å². The van der Waals surface area contributed by atoms with Gasteiger partial charge in [-0.1, -0.05) is 6.92 Å². The van der Waals surface area contributed by atoms with Crippen LogP contribution in [0, 0.1) is 5.82 Å². The molecule has 0 aromatic carbocycles. The van der Waals surface area contributed by atoms with Crippen LogP contribution in [0.2, 0.25) is 0 Å². The van der Waals surface area contributed by atoms with Gasteiger partial charge in [-0.3, -0.25) is 4.98 Å². The molecule has 1 aromatic heterocycles. The average Bonchev–Trinajstić information content (AvgIpc) is 2.04. The summed E-state index contributed by atoms with van der Waals surface area (Å²) < 4.78 is 12.8. The fraction of sp³-hybridized carbons (Fsp3) is 0.375. The Morgan fingerprint density at radius 3 is 2.73 bits per heavy atom. The van der Waals surface area contributed by atoms with E-state index in [4.69, 9.17) is 5.11 Å². The normalized spacial score (nSPS) is 10.1. The number of aromatic nitrogens is 1. The van der Waals surface area contributed by atoms with Gasteiger partial charge in [-0.15, -0.1) is 0 Å². The summed E-state index contributed by atoms with van der Waals surface area (Å²) in [5.41, 5.74) is 1.13. The van der Waals surface area contributed by atoms with Crippen molar-refractivity contribution in [3.8, 4) is 0 Å². The summed E-state index contributed by atoms with van der Waals surface area (Å²) in [6, 6.07) is 0. The molecule has 1 aromatic rings. The molecule has 0 radical (unpaired) electrons. The molecule has 0 aliphatic carbocycles. The molecule has 1 rings (SSSR count). The standard InChI is InChI=1S/C8H10FNO/c1-2-6-3-10-4-8(9)7(6)5-11/h3-4,11H,2,5H2,1H3. The van der Waals surface area contributed by atoms with Gasteiger partial charge in [-0.05, 0) is 12.0 Å². The second kappa shape index (κ2) is 3.44. The summed E-state index contributed by atoms with van der Waals surface area (Å²) in [5, 5.41) is 8.76. The number of halogens is 1. The van der Waals surface area contributed by atoms with E-state index in [1.165, 1.54) is 0 Å². The Morgan fingerprint density at radius 1 is 1.55 bits per heavy atom. The van der Waals surface area contributed by atoms with E-state index in [0.29, 0.717) is 12.0 Å². The van der Waals surface area contributed by atoms with Crippen molar-refractivity contribution in [3.63, 3.8) is 0 Å². The predicted octanol–water partition coefficient (Wildman–Crippen LogP) is 1.28. The van der Waals surface area contributed by atoms with Crippen LogP contribution in [0.3, 0.4) is 0 Å². The third kappa shape index (κ3) is 1.54. The van der Waals surface area contributed by atoms with Gasteiger partial charge in [0.05, 0.1) is 12.8 Å². The predicted molar refractivity (Wildman–Crippen MR) is 39.5 cm³/mol. The minimum Gasteiger partial charge on any atom is -0.392 e. The fourth-order valence-electron chi connectivity index (χ4n) is 0.984. The second-order valence-corrected chi connectivity index (χ2v) is 2.27. The summed E-state index contributed by atoms with van der Waals surface area (Å²) in [7, 11) is 0. The lowest BCUT2D eigenvalue weighted by molar-refractivity contribution is 0.274. The molecule has 0 aliphatic heterocycles. The van der Waals surface area contributed by atoms with Gasteiger partial charge < -0.3 is 5.11 Å². The van der Waals surface area contributed by atoms with Crippen LogP contribution in [-0.4, -0.2) is 10.1 Å². The molecule has 2 nitrogen and oxygen atoms in total. The molecule has 0 bridgehead atoms. The summed E-state index contributed by atoms with van der Waals surface area (Å²) in [6.07, 6.45) is 3.39. The molecule has 60 valence electrons. The molecule has 0 saturated heterocycles. The maximum Gasteiger partial charge on any atom is 0.147 e. The lowest BCUT2D eigenvalue weighted by atomic mass is 10.1. The van der Waals surface area contributed by atoms with E-state index >= 15 is 0 Å². The zero-order valence-electron chi connectivity index (χ0n) is 6.34. The third-order valence-corrected chi connectivity index (χ3v) is 1.63. The Bertz CT molecular complexity index is 250. The summed E-state index contributed by atoms with van der Waals surface area (Å²) in [4.78, 5) is 3.68. The van der Waals surface area contributed by atoms with Crippen LogP contribution in [0.15, 0.2) is 12.4 Å². The minimum atomic E-state index is -0.424. The molecule has 0 fully saturated rings. The van der Waals surface area contributed by atoms with Gasteiger partial charge >= 0.3 is 0 Å². The lowest BCUT2D eigenvalue weighted by Crippen LogP contribution is -1.97. The summed E-state index contributed by atoms with van der Waals surface area (Å²) >= 11 is 0. The molecule has 1 heterocycles. The van der Waals surface area contributed by atoms with Crippen molar-refractivity contribution in [2.45, 2.75) is 20.0 Å². The molecule has 0 spiro atoms. The van der Waals surface area contributed by atoms with Crippen molar-refractivity contribution in [2.24, 2.45) is 0 Å². The number of hydrogen-bond acceptors (Lipinski definition) is 2. The molecule has 0 aliphatic rings. The van der Waals surface area contributed by atoms with Crippen LogP contribution in [0.25, 0.3) is 0 Å². The smallest absolute Gasteiger partial charge is 0.147 e. The van der Waals surface area contributed by atoms with Crippen molar-refractivity contribution < 1.29 is 9.50 Å². The van der Waals surface area contributed by atoms with Crippen molar-refractivity contribution in [3.05, 3.63) is 29.3 Å². The van der Waals surface area contributed by atoms with Gasteiger partial charge in [-0.25, -0.2) is 4.39 Å². The van der Waals surface area contributed by atoms with E-state index in [1.807, 2.05) is 6.92 Å². The lowest BCUT2D eigenvalue weighted by Gasteiger charge is -2.03. The van der Waals surface area contributed by atoms with Gasteiger partial charge in [0, 0.05) is 11.8 Å². The maximum atomic E-state index is 12.8. The van der Waals surface area contributed by atoms with Gasteiger partial charge in [0.25, 0.3) is 0 Å². The first-order chi connectivity index (χ1) is 5.29. The van der Waals surface area contributed by atoms with Crippen LogP contribution in [0.4, 0.5) is 4.39 Å². The topological polar surface area (TPSA) is 33.1 Å². The van der Waals surface area contributed by atoms with Crippen LogP contribution in [-0.2, 0) is 13.0 Å². The fourth-order valence-corrected chi connectivity index (χ4v) is 0.984. The number of hydrogen-bond donors (Lipinski definition) is 1. The Morgan fingerprint density at radius 2 is 2.27 bits per heavy atom. The summed E-state index contributed by atoms with van der Waals surface area (Å²) in [6.45, 7) is 1.65. The van der Waals surface area contributed by atoms with E-state index in [1.54, 1.807) is 6.20 Å². The van der Waals surface area contributed by atoms with Crippen molar-refractivity contribution in [1.29, 1.82) is 0 Å². The molecule has 11 heavy (non-hydrogen) atoms. The quantitative estimate of drug-likeness (QED) is 0.697. The van der Waals surface area contributed by atoms with E-state index in [-0.39, 0.29) is 6.61 Å². The Hall–Kier alpha value is -0.960. The first-order valence-corrected chi connectivity index (χ1v) is 3.51. The highest BCUT2D eigenvalue weighted by atomic mass is 19.1. The molecular formula is C8H10FNO. The minimum absolute atomic E-state index is 0.252. The Balaban J connectivity index is 3.13. The zero-order chi connectivity index (χ0) is 8.27. The molecular weight excluding hydrogens is 145 g/mol. The molecule has 1 N–H and O–H groups in total. The Labute approximate surface area is 64.7 Å². The van der Waals surface area contributed by atoms with Crippen molar-refractivity contribution in [1.82, 2.24) is 4.98 Å². The average molecular weight is 155 g/mol. The first-order valence-electron chi connectivity index (χ1n) is 3.51. The highest BCUT2D eigenvalue weighted by molar-refractivity contribution is 5.23. The van der Waals surface area contributed by atoms with E-state index in [0.717, 1.165) is 11.8 Å². The van der Waals surface area contributed by atoms with E-state index in [9.17, 15) is 4.39 Å². The SMILES string of the molecule is CCc1cncc(F)c1CO. The molecule has 0 saturated carbocycles. The first kappa shape index (κ1) is 8.14. The zero-order valence-corrected chi connectivity index (χ0v) is 6.34. The van der Waals surface area contributed by atoms with Gasteiger partial charge in [0.1, 0.15) is 5.82 Å². The molecule has 3 heteroatoms. The monoisotopic (exact) mass is 155 g/mol. The largest absolute Gasteiger partial charge is 0.392 e. The third-order valence-electron chi connectivity index (χ3n) is 1.63. The number of pyridine rings is 1. The van der Waals surface area contributed by atoms with Gasteiger partial charge in [0.2, 0.25) is 0 Å². The number of aliphatic hydroxyl groups is 1. The number of aryl methyl sites for hydroxylation is 1. The Kier molecular flexibility index (Phi) is 2.54. The van der Waals surface area contributed by atoms with Crippen LogP contribution in [0.1, 0.15) is 18.1 Å². The molecule has 0 unspecified atom stereocenters. The van der Waals surface area contributed by atoms with Crippen molar-refractivity contribution >= 4 is 0 Å². The molecule has 0 atom stereocenters. The molecule has 0 amide bonds. The van der Waals surface area contributed by atoms with E-state index < -0.39 is 5.82 Å². The highest BCUT2D eigenvalue weighted by Crippen LogP contribution is 2.11. The number of rotatable bonds is 2. The maximum absolute atomic E-state index is 12.8. The van der Waals surface area contributed by atoms with Gasteiger partial charge in [0.15, 0.2) is 0 Å². The highest BCUT2D eigenvalue weighted by Gasteiger charge is 2.05. The van der Waals surface area contributed by atoms with Crippen LogP contribution >= 0.6 is 0 Å². The number of aliphatic hydroxyl groups excluding tert-OH is 1.